The van der Waals surface area contributed by atoms with Crippen molar-refractivity contribution >= 4 is 87.5 Å². The first-order chi connectivity index (χ1) is 23.4. The van der Waals surface area contributed by atoms with Gasteiger partial charge in [-0.3, -0.25) is 8.80 Å². The fraction of sp³-hybridized carbons (Fsp3) is 0. The van der Waals surface area contributed by atoms with Gasteiger partial charge in [0.25, 0.3) is 0 Å². The van der Waals surface area contributed by atoms with E-state index in [0.717, 1.165) is 39.0 Å². The molecule has 0 atom stereocenters. The van der Waals surface area contributed by atoms with Gasteiger partial charge in [-0.1, -0.05) is 115 Å². The highest BCUT2D eigenvalue weighted by Crippen LogP contribution is 2.43. The van der Waals surface area contributed by atoms with E-state index >= 15 is 0 Å². The van der Waals surface area contributed by atoms with Crippen LogP contribution in [0.1, 0.15) is 0 Å². The number of benzene rings is 7. The number of rotatable bonds is 1. The molecule has 0 radical (unpaired) electrons. The summed E-state index contributed by atoms with van der Waals surface area (Å²) in [6, 6.07) is 57.1. The molecule has 0 spiro atoms. The van der Waals surface area contributed by atoms with Crippen molar-refractivity contribution in [3.05, 3.63) is 158 Å². The third-order valence-corrected chi connectivity index (χ3v) is 9.98. The van der Waals surface area contributed by atoms with Crippen LogP contribution in [0.3, 0.4) is 0 Å². The molecular weight excluding hydrogens is 573 g/mol. The van der Waals surface area contributed by atoms with Gasteiger partial charge in [0.2, 0.25) is 5.78 Å². The molecule has 47 heavy (non-hydrogen) atoms. The first-order valence-electron chi connectivity index (χ1n) is 16.1. The second-order valence-electron chi connectivity index (χ2n) is 12.4. The largest absolute Gasteiger partial charge is 0.307 e. The normalized spacial score (nSPS) is 12.3. The van der Waals surface area contributed by atoms with Gasteiger partial charge in [0.05, 0.1) is 38.6 Å². The van der Waals surface area contributed by atoms with Crippen molar-refractivity contribution in [2.45, 2.75) is 0 Å². The summed E-state index contributed by atoms with van der Waals surface area (Å²) < 4.78 is 7.27. The Bertz CT molecular complexity index is 3120. The molecule has 11 aromatic rings. The molecular formula is C43H26N4. The first kappa shape index (κ1) is 24.9. The molecule has 0 saturated heterocycles. The van der Waals surface area contributed by atoms with Crippen LogP contribution in [0, 0.1) is 0 Å². The van der Waals surface area contributed by atoms with Crippen LogP contribution >= 0.6 is 0 Å². The second kappa shape index (κ2) is 9.09. The number of hydrogen-bond acceptors (Lipinski definition) is 1. The lowest BCUT2D eigenvalue weighted by atomic mass is 10.0. The molecule has 0 N–H and O–H groups in total. The fourth-order valence-corrected chi connectivity index (χ4v) is 8.10. The van der Waals surface area contributed by atoms with Crippen molar-refractivity contribution in [1.82, 2.24) is 18.4 Å². The highest BCUT2D eigenvalue weighted by atomic mass is 15.2. The molecule has 0 aliphatic carbocycles. The Labute approximate surface area is 268 Å². The molecule has 7 aromatic carbocycles. The van der Waals surface area contributed by atoms with E-state index < -0.39 is 0 Å². The molecule has 4 heterocycles. The molecule has 0 bridgehead atoms. The van der Waals surface area contributed by atoms with Gasteiger partial charge in [-0.2, -0.15) is 0 Å². The van der Waals surface area contributed by atoms with Crippen molar-refractivity contribution in [2.75, 3.05) is 0 Å². The number of para-hydroxylation sites is 5. The topological polar surface area (TPSA) is 26.6 Å². The molecule has 0 aliphatic heterocycles. The van der Waals surface area contributed by atoms with Crippen LogP contribution in [-0.4, -0.2) is 18.4 Å². The van der Waals surface area contributed by atoms with Gasteiger partial charge >= 0.3 is 0 Å². The van der Waals surface area contributed by atoms with Gasteiger partial charge in [0, 0.05) is 27.2 Å². The Hall–Kier alpha value is -6.39. The van der Waals surface area contributed by atoms with E-state index in [1.54, 1.807) is 0 Å². The lowest BCUT2D eigenvalue weighted by Gasteiger charge is -2.10. The summed E-state index contributed by atoms with van der Waals surface area (Å²) in [6.45, 7) is 0. The number of fused-ring (bicyclic) bond motifs is 16. The highest BCUT2D eigenvalue weighted by molar-refractivity contribution is 6.28. The molecule has 4 aromatic heterocycles. The van der Waals surface area contributed by atoms with Gasteiger partial charge in [0.1, 0.15) is 0 Å². The quantitative estimate of drug-likeness (QED) is 0.185. The lowest BCUT2D eigenvalue weighted by molar-refractivity contribution is 1.17. The predicted octanol–water partition coefficient (Wildman–Crippen LogP) is 11.0. The van der Waals surface area contributed by atoms with Crippen LogP contribution in [0.15, 0.2) is 158 Å². The third-order valence-electron chi connectivity index (χ3n) is 9.98. The third kappa shape index (κ3) is 3.19. The summed E-state index contributed by atoms with van der Waals surface area (Å²) in [5.41, 5.74) is 8.99. The van der Waals surface area contributed by atoms with Gasteiger partial charge in [0.15, 0.2) is 0 Å². The summed E-state index contributed by atoms with van der Waals surface area (Å²) >= 11 is 0. The van der Waals surface area contributed by atoms with E-state index in [-0.39, 0.29) is 0 Å². The summed E-state index contributed by atoms with van der Waals surface area (Å²) in [4.78, 5) is 5.39. The van der Waals surface area contributed by atoms with Crippen LogP contribution < -0.4 is 0 Å². The van der Waals surface area contributed by atoms with Crippen LogP contribution in [0.4, 0.5) is 0 Å². The molecule has 0 unspecified atom stereocenters. The van der Waals surface area contributed by atoms with Crippen molar-refractivity contribution in [3.63, 3.8) is 0 Å². The van der Waals surface area contributed by atoms with Crippen molar-refractivity contribution < 1.29 is 0 Å². The van der Waals surface area contributed by atoms with Crippen LogP contribution in [-0.2, 0) is 0 Å². The zero-order chi connectivity index (χ0) is 30.6. The summed E-state index contributed by atoms with van der Waals surface area (Å²) in [5, 5.41) is 9.70. The van der Waals surface area contributed by atoms with E-state index in [4.69, 9.17) is 4.98 Å². The Morgan fingerprint density at radius 2 is 0.809 bits per heavy atom. The number of imidazole rings is 2. The SMILES string of the molecule is c1ccc(-n2c3ccccc3c3cc4c5ccccc5c5ccccc5c5ccccc5n5c4c(c32)n2c3ccccc3nc52)cc1. The van der Waals surface area contributed by atoms with Crippen molar-refractivity contribution in [3.8, 4) is 5.69 Å². The average molecular weight is 599 g/mol. The van der Waals surface area contributed by atoms with Gasteiger partial charge in [-0.25, -0.2) is 4.98 Å². The van der Waals surface area contributed by atoms with E-state index in [1.807, 2.05) is 0 Å². The number of aromatic nitrogens is 4. The molecule has 0 fully saturated rings. The van der Waals surface area contributed by atoms with E-state index in [2.05, 4.69) is 171 Å². The Morgan fingerprint density at radius 1 is 0.340 bits per heavy atom. The monoisotopic (exact) mass is 598 g/mol. The van der Waals surface area contributed by atoms with E-state index in [9.17, 15) is 0 Å². The maximum atomic E-state index is 5.39. The zero-order valence-corrected chi connectivity index (χ0v) is 25.3. The first-order valence-corrected chi connectivity index (χ1v) is 16.1. The van der Waals surface area contributed by atoms with Crippen LogP contribution in [0.2, 0.25) is 0 Å². The van der Waals surface area contributed by atoms with E-state index in [0.29, 0.717) is 0 Å². The molecule has 218 valence electrons. The molecule has 0 amide bonds. The second-order valence-corrected chi connectivity index (χ2v) is 12.4. The average Bonchev–Trinajstić information content (AvgIpc) is 3.79. The minimum atomic E-state index is 0.907. The molecule has 11 rings (SSSR count). The van der Waals surface area contributed by atoms with Crippen molar-refractivity contribution in [2.24, 2.45) is 0 Å². The Balaban J connectivity index is 1.61. The maximum absolute atomic E-state index is 5.39. The fourth-order valence-electron chi connectivity index (χ4n) is 8.10. The minimum Gasteiger partial charge on any atom is -0.307 e. The van der Waals surface area contributed by atoms with Crippen LogP contribution in [0.25, 0.3) is 93.2 Å². The van der Waals surface area contributed by atoms with Gasteiger partial charge in [-0.05, 0) is 64.0 Å². The Kier molecular flexibility index (Phi) is 4.81. The van der Waals surface area contributed by atoms with Crippen molar-refractivity contribution in [1.29, 1.82) is 0 Å². The van der Waals surface area contributed by atoms with Crippen LogP contribution in [0.5, 0.6) is 0 Å². The highest BCUT2D eigenvalue weighted by Gasteiger charge is 2.24. The summed E-state index contributed by atoms with van der Waals surface area (Å²) in [6.07, 6.45) is 0. The zero-order valence-electron chi connectivity index (χ0n) is 25.3. The van der Waals surface area contributed by atoms with E-state index in [1.165, 1.54) is 54.1 Å². The minimum absolute atomic E-state index is 0.907. The Morgan fingerprint density at radius 3 is 1.51 bits per heavy atom. The number of hydrogen-bond donors (Lipinski definition) is 0. The lowest BCUT2D eigenvalue weighted by Crippen LogP contribution is -1.95. The molecule has 0 aliphatic rings. The summed E-state index contributed by atoms with van der Waals surface area (Å²) in [5.74, 6) is 0.907. The molecule has 0 saturated carbocycles. The van der Waals surface area contributed by atoms with Gasteiger partial charge in [-0.15, -0.1) is 0 Å². The smallest absolute Gasteiger partial charge is 0.220 e. The maximum Gasteiger partial charge on any atom is 0.220 e. The standard InChI is InChI=1S/C43H26N4/c1-2-14-27(15-3-1)45-37-23-11-9-21-33(37)35-26-34-31-19-7-5-17-29(31)28-16-4-6-18-30(28)32-20-8-12-24-38(32)46-41(34)42(40(35)45)47-39-25-13-10-22-36(39)44-43(46)47/h1-26H. The number of nitrogens with zero attached hydrogens (tertiary/aromatic N) is 4. The molecule has 4 nitrogen and oxygen atoms in total. The molecule has 4 heteroatoms. The summed E-state index contributed by atoms with van der Waals surface area (Å²) in [7, 11) is 0. The van der Waals surface area contributed by atoms with Gasteiger partial charge < -0.3 is 4.57 Å². The predicted molar refractivity (Wildman–Crippen MR) is 197 cm³/mol.